The summed E-state index contributed by atoms with van der Waals surface area (Å²) in [5.74, 6) is -0.745. The molecule has 2 fully saturated rings. The number of amides is 3. The number of benzene rings is 1. The zero-order valence-corrected chi connectivity index (χ0v) is 20.5. The Balaban J connectivity index is 1.49. The number of hydrogen-bond donors (Lipinski definition) is 2. The van der Waals surface area contributed by atoms with Gasteiger partial charge in [-0.25, -0.2) is 4.98 Å². The number of anilines is 2. The lowest BCUT2D eigenvalue weighted by Crippen LogP contribution is -2.27. The van der Waals surface area contributed by atoms with Gasteiger partial charge >= 0.3 is 0 Å². The van der Waals surface area contributed by atoms with Gasteiger partial charge in [0.2, 0.25) is 5.91 Å². The normalized spacial score (nSPS) is 17.8. The van der Waals surface area contributed by atoms with Gasteiger partial charge in [-0.2, -0.15) is 0 Å². The first kappa shape index (κ1) is 25.1. The van der Waals surface area contributed by atoms with Gasteiger partial charge in [-0.15, -0.1) is 11.3 Å². The summed E-state index contributed by atoms with van der Waals surface area (Å²) in [6, 6.07) is 5.13. The summed E-state index contributed by atoms with van der Waals surface area (Å²) >= 11 is 1.39. The first-order valence-corrected chi connectivity index (χ1v) is 12.7. The van der Waals surface area contributed by atoms with E-state index >= 15 is 0 Å². The molecule has 0 radical (unpaired) electrons. The first-order valence-electron chi connectivity index (χ1n) is 11.8. The number of hydrogen-bond acceptors (Lipinski definition) is 7. The van der Waals surface area contributed by atoms with E-state index in [0.717, 1.165) is 36.6 Å². The Labute approximate surface area is 207 Å². The van der Waals surface area contributed by atoms with Crippen molar-refractivity contribution >= 4 is 39.9 Å². The van der Waals surface area contributed by atoms with E-state index in [-0.39, 0.29) is 36.2 Å². The molecule has 0 bridgehead atoms. The highest BCUT2D eigenvalue weighted by molar-refractivity contribution is 7.14. The first-order chi connectivity index (χ1) is 17.0. The fraction of sp³-hybridized carbons (Fsp3) is 0.500. The number of halogens is 1. The molecule has 2 N–H and O–H groups in total. The second-order valence-electron chi connectivity index (χ2n) is 8.66. The van der Waals surface area contributed by atoms with Crippen LogP contribution in [-0.4, -0.2) is 73.7 Å². The summed E-state index contributed by atoms with van der Waals surface area (Å²) in [5, 5.41) is 7.94. The number of nitrogens with one attached hydrogen (secondary N) is 2. The average molecular weight is 504 g/mol. The minimum absolute atomic E-state index is 0.0884. The van der Waals surface area contributed by atoms with Crippen molar-refractivity contribution < 1.29 is 23.5 Å². The summed E-state index contributed by atoms with van der Waals surface area (Å²) in [6.45, 7) is 2.28. The summed E-state index contributed by atoms with van der Waals surface area (Å²) < 4.78 is 17.9. The number of carbonyl (C=O) groups excluding carboxylic acids is 3. The molecule has 1 aromatic heterocycles. The Bertz CT molecular complexity index is 1080. The van der Waals surface area contributed by atoms with Crippen LogP contribution in [0.5, 0.6) is 0 Å². The Morgan fingerprint density at radius 2 is 2.14 bits per heavy atom. The van der Waals surface area contributed by atoms with E-state index in [4.69, 9.17) is 4.74 Å². The van der Waals surface area contributed by atoms with Crippen LogP contribution in [0.3, 0.4) is 0 Å². The molecule has 35 heavy (non-hydrogen) atoms. The van der Waals surface area contributed by atoms with Gasteiger partial charge in [-0.1, -0.05) is 6.07 Å². The predicted octanol–water partition coefficient (Wildman–Crippen LogP) is 2.83. The van der Waals surface area contributed by atoms with Gasteiger partial charge in [-0.05, 0) is 37.0 Å². The highest BCUT2D eigenvalue weighted by atomic mass is 32.1. The molecule has 0 spiro atoms. The molecule has 9 nitrogen and oxygen atoms in total. The Morgan fingerprint density at radius 1 is 1.29 bits per heavy atom. The van der Waals surface area contributed by atoms with E-state index in [1.165, 1.54) is 11.3 Å². The number of nitrogens with zero attached hydrogens (tertiary/aromatic N) is 3. The van der Waals surface area contributed by atoms with Crippen LogP contribution in [0.4, 0.5) is 15.2 Å². The largest absolute Gasteiger partial charge is 0.380 e. The van der Waals surface area contributed by atoms with Crippen LogP contribution in [0.15, 0.2) is 23.6 Å². The lowest BCUT2D eigenvalue weighted by Gasteiger charge is -2.18. The van der Waals surface area contributed by atoms with Gasteiger partial charge in [-0.3, -0.25) is 18.8 Å². The molecule has 1 atom stereocenters. The van der Waals surface area contributed by atoms with Crippen molar-refractivity contribution in [3.05, 3.63) is 40.4 Å². The van der Waals surface area contributed by atoms with Crippen LogP contribution < -0.4 is 15.5 Å². The Kier molecular flexibility index (Phi) is 8.29. The molecule has 2 aliphatic heterocycles. The minimum atomic E-state index is -0.532. The van der Waals surface area contributed by atoms with Gasteiger partial charge in [0.1, 0.15) is 5.69 Å². The fourth-order valence-electron chi connectivity index (χ4n) is 4.24. The molecule has 0 aliphatic carbocycles. The van der Waals surface area contributed by atoms with E-state index in [9.17, 15) is 18.8 Å². The second-order valence-corrected chi connectivity index (χ2v) is 9.50. The molecule has 3 heterocycles. The third-order valence-electron chi connectivity index (χ3n) is 6.19. The van der Waals surface area contributed by atoms with E-state index in [0.29, 0.717) is 25.2 Å². The number of thiazole rings is 1. The zero-order chi connectivity index (χ0) is 24.8. The van der Waals surface area contributed by atoms with Crippen molar-refractivity contribution in [2.45, 2.75) is 38.3 Å². The smallest absolute Gasteiger partial charge is 0.275 e. The molecule has 2 aromatic rings. The molecular weight excluding hydrogens is 473 g/mol. The number of ether oxygens (including phenoxy) is 1. The van der Waals surface area contributed by atoms with E-state index in [2.05, 4.69) is 20.5 Å². The second kappa shape index (κ2) is 11.6. The lowest BCUT2D eigenvalue weighted by molar-refractivity contribution is -0.128. The van der Waals surface area contributed by atoms with Gasteiger partial charge < -0.3 is 25.2 Å². The molecule has 0 unspecified atom stereocenters. The van der Waals surface area contributed by atoms with Crippen LogP contribution in [0.2, 0.25) is 0 Å². The third-order valence-corrected chi connectivity index (χ3v) is 7.09. The van der Waals surface area contributed by atoms with Crippen molar-refractivity contribution in [1.29, 1.82) is 0 Å². The molecule has 11 heteroatoms. The van der Waals surface area contributed by atoms with Gasteiger partial charge in [0.05, 0.1) is 24.0 Å². The molecule has 3 amide bonds. The highest BCUT2D eigenvalue weighted by Crippen LogP contribution is 2.27. The Hall–Kier alpha value is -3.05. The standard InChI is InChI=1S/C24H30FN5O4S/c1-34-17-7-11-30(14-17)24-28-20(15-35-24)23(33)27-19-6-5-16(13-29-10-2-4-21(29)31)12-18(19)22(32)26-9-3-8-25/h5-6,12,15,17H,2-4,7-11,13-14H2,1H3,(H,26,32)(H,27,33)/t17-/m0/s1. The number of methoxy groups -OCH3 is 1. The van der Waals surface area contributed by atoms with Crippen LogP contribution in [0.25, 0.3) is 0 Å². The van der Waals surface area contributed by atoms with Crippen molar-refractivity contribution in [3.8, 4) is 0 Å². The van der Waals surface area contributed by atoms with Gasteiger partial charge in [0.15, 0.2) is 5.13 Å². The summed E-state index contributed by atoms with van der Waals surface area (Å²) in [6.07, 6.45) is 2.63. The number of alkyl halides is 1. The topological polar surface area (TPSA) is 104 Å². The fourth-order valence-corrected chi connectivity index (χ4v) is 5.08. The predicted molar refractivity (Wildman–Crippen MR) is 132 cm³/mol. The van der Waals surface area contributed by atoms with Crippen LogP contribution in [0.1, 0.15) is 52.1 Å². The monoisotopic (exact) mass is 503 g/mol. The molecule has 188 valence electrons. The maximum Gasteiger partial charge on any atom is 0.275 e. The lowest BCUT2D eigenvalue weighted by atomic mass is 10.1. The number of carbonyl (C=O) groups is 3. The average Bonchev–Trinajstić information content (AvgIpc) is 3.61. The summed E-state index contributed by atoms with van der Waals surface area (Å²) in [4.78, 5) is 46.1. The summed E-state index contributed by atoms with van der Waals surface area (Å²) in [5.41, 5.74) is 1.65. The van der Waals surface area contributed by atoms with Crippen LogP contribution in [-0.2, 0) is 16.1 Å². The molecule has 2 saturated heterocycles. The molecule has 1 aromatic carbocycles. The van der Waals surface area contributed by atoms with Crippen molar-refractivity contribution in [1.82, 2.24) is 15.2 Å². The van der Waals surface area contributed by atoms with E-state index in [1.807, 2.05) is 0 Å². The SMILES string of the molecule is CO[C@H]1CCN(c2nc(C(=O)Nc3ccc(CN4CCCC4=O)cc3C(=O)NCCCF)cs2)C1. The molecule has 4 rings (SSSR count). The number of likely N-dealkylation sites (tertiary alicyclic amines) is 1. The van der Waals surface area contributed by atoms with Crippen molar-refractivity contribution in [3.63, 3.8) is 0 Å². The molecule has 2 aliphatic rings. The van der Waals surface area contributed by atoms with Gasteiger partial charge in [0, 0.05) is 51.6 Å². The van der Waals surface area contributed by atoms with E-state index in [1.54, 1.807) is 35.6 Å². The third kappa shape index (κ3) is 6.15. The van der Waals surface area contributed by atoms with E-state index < -0.39 is 18.5 Å². The highest BCUT2D eigenvalue weighted by Gasteiger charge is 2.26. The maximum atomic E-state index is 13.0. The Morgan fingerprint density at radius 3 is 2.86 bits per heavy atom. The quantitative estimate of drug-likeness (QED) is 0.484. The number of rotatable bonds is 10. The molecular formula is C24H30FN5O4S. The van der Waals surface area contributed by atoms with Crippen molar-refractivity contribution in [2.24, 2.45) is 0 Å². The van der Waals surface area contributed by atoms with Crippen LogP contribution >= 0.6 is 11.3 Å². The van der Waals surface area contributed by atoms with Gasteiger partial charge in [0.25, 0.3) is 11.8 Å². The maximum absolute atomic E-state index is 13.0. The summed E-state index contributed by atoms with van der Waals surface area (Å²) in [7, 11) is 1.69. The van der Waals surface area contributed by atoms with Crippen molar-refractivity contribution in [2.75, 3.05) is 50.2 Å². The molecule has 0 saturated carbocycles. The number of aromatic nitrogens is 1. The minimum Gasteiger partial charge on any atom is -0.380 e. The zero-order valence-electron chi connectivity index (χ0n) is 19.7. The van der Waals surface area contributed by atoms with Crippen LogP contribution in [0, 0.1) is 0 Å².